The van der Waals surface area contributed by atoms with Crippen LogP contribution in [-0.4, -0.2) is 37.6 Å². The average molecular weight is 457 g/mol. The molecule has 0 radical (unpaired) electrons. The number of aromatic nitrogens is 5. The van der Waals surface area contributed by atoms with Crippen molar-refractivity contribution in [3.63, 3.8) is 0 Å². The smallest absolute Gasteiger partial charge is 0.148 e. The van der Waals surface area contributed by atoms with Crippen LogP contribution >= 0.6 is 0 Å². The summed E-state index contributed by atoms with van der Waals surface area (Å²) in [5, 5.41) is 25.4. The Morgan fingerprint density at radius 3 is 2.82 bits per heavy atom. The predicted molar refractivity (Wildman–Crippen MR) is 123 cm³/mol. The van der Waals surface area contributed by atoms with Crippen molar-refractivity contribution in [1.29, 1.82) is 10.7 Å². The van der Waals surface area contributed by atoms with Gasteiger partial charge in [0.05, 0.1) is 36.3 Å². The Hall–Kier alpha value is -4.85. The number of methoxy groups -OCH3 is 1. The minimum absolute atomic E-state index is 0.0693. The fourth-order valence-electron chi connectivity index (χ4n) is 3.31. The zero-order valence-corrected chi connectivity index (χ0v) is 18.3. The van der Waals surface area contributed by atoms with Crippen molar-refractivity contribution >= 4 is 17.3 Å². The van der Waals surface area contributed by atoms with Crippen LogP contribution < -0.4 is 15.8 Å². The van der Waals surface area contributed by atoms with E-state index >= 15 is 0 Å². The second-order valence-corrected chi connectivity index (χ2v) is 7.28. The lowest BCUT2D eigenvalue weighted by atomic mass is 10.1. The number of hydrogen-bond acceptors (Lipinski definition) is 9. The van der Waals surface area contributed by atoms with Gasteiger partial charge in [0.1, 0.15) is 47.0 Å². The standard InChI is InChI=1S/C23H20FN9O/c1-13(14-10-30-33(11-14)19-6-4-3-5-17(19)24)31-23-20(22(27)28-12-29-23)21(26)18-8-16(34-2)7-15(9-25)32-18/h3-8,10-13,26H,1-2H3,(H3,27,28,29,31). The summed E-state index contributed by atoms with van der Waals surface area (Å²) in [6, 6.07) is 11.0. The molecular formula is C23H20FN9O. The zero-order valence-electron chi connectivity index (χ0n) is 18.3. The van der Waals surface area contributed by atoms with E-state index in [9.17, 15) is 9.65 Å². The van der Waals surface area contributed by atoms with E-state index in [4.69, 9.17) is 15.9 Å². The molecule has 0 spiro atoms. The van der Waals surface area contributed by atoms with E-state index in [1.807, 2.05) is 13.0 Å². The first kappa shape index (κ1) is 22.3. The molecule has 10 nitrogen and oxygen atoms in total. The van der Waals surface area contributed by atoms with E-state index in [0.717, 1.165) is 5.56 Å². The van der Waals surface area contributed by atoms with Gasteiger partial charge in [-0.1, -0.05) is 12.1 Å². The van der Waals surface area contributed by atoms with Crippen LogP contribution in [0.25, 0.3) is 5.69 Å². The fraction of sp³-hybridized carbons (Fsp3) is 0.130. The quantitative estimate of drug-likeness (QED) is 0.358. The number of ether oxygens (including phenoxy) is 1. The molecule has 0 saturated carbocycles. The number of nitrogens with two attached hydrogens (primary N) is 1. The molecule has 1 aromatic carbocycles. The number of pyridine rings is 1. The Morgan fingerprint density at radius 2 is 2.09 bits per heavy atom. The van der Waals surface area contributed by atoms with Gasteiger partial charge in [0.25, 0.3) is 0 Å². The average Bonchev–Trinajstić information content (AvgIpc) is 3.34. The number of nitrogens with zero attached hydrogens (tertiary/aromatic N) is 6. The number of nitrogens with one attached hydrogen (secondary N) is 2. The molecule has 0 fully saturated rings. The van der Waals surface area contributed by atoms with Crippen LogP contribution in [0.1, 0.15) is 35.5 Å². The minimum Gasteiger partial charge on any atom is -0.497 e. The molecule has 0 bridgehead atoms. The summed E-state index contributed by atoms with van der Waals surface area (Å²) in [7, 11) is 1.46. The predicted octanol–water partition coefficient (Wildman–Crippen LogP) is 3.25. The van der Waals surface area contributed by atoms with Gasteiger partial charge in [-0.2, -0.15) is 10.4 Å². The molecule has 4 aromatic rings. The van der Waals surface area contributed by atoms with Crippen molar-refractivity contribution in [1.82, 2.24) is 24.7 Å². The van der Waals surface area contributed by atoms with Crippen LogP contribution in [0.15, 0.2) is 55.1 Å². The first-order valence-electron chi connectivity index (χ1n) is 10.1. The summed E-state index contributed by atoms with van der Waals surface area (Å²) >= 11 is 0. The van der Waals surface area contributed by atoms with Gasteiger partial charge < -0.3 is 15.8 Å². The second-order valence-electron chi connectivity index (χ2n) is 7.28. The molecular weight excluding hydrogens is 437 g/mol. The van der Waals surface area contributed by atoms with E-state index in [0.29, 0.717) is 17.3 Å². The Bertz CT molecular complexity index is 1410. The molecule has 0 amide bonds. The Kier molecular flexibility index (Phi) is 6.13. The van der Waals surface area contributed by atoms with Gasteiger partial charge in [0, 0.05) is 23.9 Å². The number of anilines is 2. The molecule has 3 aromatic heterocycles. The van der Waals surface area contributed by atoms with Crippen molar-refractivity contribution in [2.45, 2.75) is 13.0 Å². The summed E-state index contributed by atoms with van der Waals surface area (Å²) in [6.07, 6.45) is 4.60. The topological polar surface area (TPSA) is 151 Å². The van der Waals surface area contributed by atoms with Crippen LogP contribution in [0.5, 0.6) is 5.75 Å². The highest BCUT2D eigenvalue weighted by atomic mass is 19.1. The molecule has 1 unspecified atom stereocenters. The minimum atomic E-state index is -0.389. The highest BCUT2D eigenvalue weighted by molar-refractivity contribution is 6.15. The first-order valence-corrected chi connectivity index (χ1v) is 10.1. The Balaban J connectivity index is 1.65. The number of para-hydroxylation sites is 1. The van der Waals surface area contributed by atoms with Crippen molar-refractivity contribution in [3.05, 3.63) is 83.5 Å². The van der Waals surface area contributed by atoms with E-state index in [1.165, 1.54) is 36.3 Å². The molecule has 1 atom stereocenters. The van der Waals surface area contributed by atoms with Gasteiger partial charge in [-0.05, 0) is 19.1 Å². The van der Waals surface area contributed by atoms with Gasteiger partial charge in [-0.3, -0.25) is 5.41 Å². The number of hydrogen-bond donors (Lipinski definition) is 3. The maximum atomic E-state index is 14.1. The number of benzene rings is 1. The van der Waals surface area contributed by atoms with Gasteiger partial charge >= 0.3 is 0 Å². The largest absolute Gasteiger partial charge is 0.497 e. The van der Waals surface area contributed by atoms with Crippen LogP contribution in [0.3, 0.4) is 0 Å². The van der Waals surface area contributed by atoms with Crippen molar-refractivity contribution < 1.29 is 9.13 Å². The number of nitrogen functional groups attached to an aromatic ring is 1. The van der Waals surface area contributed by atoms with E-state index in [2.05, 4.69) is 25.4 Å². The van der Waals surface area contributed by atoms with Crippen molar-refractivity contribution in [2.75, 3.05) is 18.2 Å². The fourth-order valence-corrected chi connectivity index (χ4v) is 3.31. The Morgan fingerprint density at radius 1 is 1.29 bits per heavy atom. The van der Waals surface area contributed by atoms with Crippen LogP contribution in [0, 0.1) is 22.6 Å². The summed E-state index contributed by atoms with van der Waals surface area (Å²) in [6.45, 7) is 1.87. The van der Waals surface area contributed by atoms with Gasteiger partial charge in [-0.15, -0.1) is 0 Å². The molecule has 4 N–H and O–H groups in total. The number of rotatable bonds is 7. The molecule has 0 aliphatic rings. The third-order valence-corrected chi connectivity index (χ3v) is 5.09. The maximum absolute atomic E-state index is 14.1. The summed E-state index contributed by atoms with van der Waals surface area (Å²) in [4.78, 5) is 12.5. The number of nitriles is 1. The Labute approximate surface area is 194 Å². The molecule has 4 rings (SSSR count). The summed E-state index contributed by atoms with van der Waals surface area (Å²) < 4.78 is 20.8. The third-order valence-electron chi connectivity index (χ3n) is 5.09. The van der Waals surface area contributed by atoms with Crippen LogP contribution in [0.4, 0.5) is 16.0 Å². The molecule has 0 aliphatic heterocycles. The highest BCUT2D eigenvalue weighted by Gasteiger charge is 2.21. The van der Waals surface area contributed by atoms with Crippen molar-refractivity contribution in [3.8, 4) is 17.5 Å². The lowest BCUT2D eigenvalue weighted by molar-refractivity contribution is 0.414. The molecule has 0 aliphatic carbocycles. The molecule has 11 heteroatoms. The van der Waals surface area contributed by atoms with Gasteiger partial charge in [-0.25, -0.2) is 24.0 Å². The van der Waals surface area contributed by atoms with E-state index in [-0.39, 0.29) is 40.3 Å². The van der Waals surface area contributed by atoms with Crippen molar-refractivity contribution in [2.24, 2.45) is 0 Å². The highest BCUT2D eigenvalue weighted by Crippen LogP contribution is 2.27. The zero-order chi connectivity index (χ0) is 24.2. The second kappa shape index (κ2) is 9.33. The lowest BCUT2D eigenvalue weighted by Gasteiger charge is -2.17. The molecule has 34 heavy (non-hydrogen) atoms. The van der Waals surface area contributed by atoms with Crippen LogP contribution in [0.2, 0.25) is 0 Å². The molecule has 3 heterocycles. The number of halogens is 1. The first-order chi connectivity index (χ1) is 16.4. The SMILES string of the molecule is COc1cc(C#N)nc(C(=N)c2c(N)ncnc2NC(C)c2cnn(-c3ccccc3F)c2)c1. The van der Waals surface area contributed by atoms with Crippen LogP contribution in [-0.2, 0) is 0 Å². The molecule has 170 valence electrons. The monoisotopic (exact) mass is 457 g/mol. The van der Waals surface area contributed by atoms with Gasteiger partial charge in [0.2, 0.25) is 0 Å². The summed E-state index contributed by atoms with van der Waals surface area (Å²) in [5.74, 6) is 0.358. The van der Waals surface area contributed by atoms with E-state index < -0.39 is 0 Å². The third kappa shape index (κ3) is 4.37. The van der Waals surface area contributed by atoms with E-state index in [1.54, 1.807) is 30.6 Å². The summed E-state index contributed by atoms with van der Waals surface area (Å²) in [5.41, 5.74) is 7.60. The normalized spacial score (nSPS) is 11.5. The lowest BCUT2D eigenvalue weighted by Crippen LogP contribution is -2.17. The maximum Gasteiger partial charge on any atom is 0.148 e. The molecule has 0 saturated heterocycles. The van der Waals surface area contributed by atoms with Gasteiger partial charge in [0.15, 0.2) is 0 Å².